The number of hydrogen-bond donors (Lipinski definition) is 0. The minimum atomic E-state index is -4.40. The number of alkyl halides is 3. The highest BCUT2D eigenvalue weighted by Gasteiger charge is 2.34. The summed E-state index contributed by atoms with van der Waals surface area (Å²) >= 11 is 0.579. The third kappa shape index (κ3) is 2.41. The normalized spacial score (nSPS) is 11.5. The topological polar surface area (TPSA) is 22.1 Å². The summed E-state index contributed by atoms with van der Waals surface area (Å²) in [7, 11) is 1.47. The van der Waals surface area contributed by atoms with Gasteiger partial charge in [-0.3, -0.25) is 0 Å². The Labute approximate surface area is 99.7 Å². The van der Waals surface area contributed by atoms with E-state index < -0.39 is 11.2 Å². The molecule has 0 N–H and O–H groups in total. The molecule has 0 fully saturated rings. The highest BCUT2D eigenvalue weighted by Crippen LogP contribution is 2.36. The minimum Gasteiger partial charge on any atom is -0.496 e. The molecule has 0 radical (unpaired) electrons. The molecule has 2 aromatic rings. The third-order valence-corrected chi connectivity index (χ3v) is 3.02. The molecule has 0 aliphatic carbocycles. The van der Waals surface area contributed by atoms with E-state index in [2.05, 4.69) is 4.98 Å². The number of nitrogens with zero attached hydrogens (tertiary/aromatic N) is 1. The maximum absolute atomic E-state index is 12.4. The van der Waals surface area contributed by atoms with Crippen LogP contribution < -0.4 is 4.74 Å². The zero-order chi connectivity index (χ0) is 12.5. The molecule has 6 heteroatoms. The maximum Gasteiger partial charge on any atom is 0.443 e. The van der Waals surface area contributed by atoms with Crippen LogP contribution >= 0.6 is 11.3 Å². The molecule has 2 rings (SSSR count). The van der Waals surface area contributed by atoms with Crippen molar-refractivity contribution in [2.75, 3.05) is 7.11 Å². The van der Waals surface area contributed by atoms with Crippen molar-refractivity contribution >= 4 is 11.3 Å². The summed E-state index contributed by atoms with van der Waals surface area (Å²) in [5.74, 6) is 0.506. The number of halogens is 3. The van der Waals surface area contributed by atoms with Crippen LogP contribution in [0, 0.1) is 0 Å². The lowest BCUT2D eigenvalue weighted by Gasteiger charge is -2.05. The highest BCUT2D eigenvalue weighted by molar-refractivity contribution is 7.10. The first-order valence-corrected chi connectivity index (χ1v) is 5.56. The van der Waals surface area contributed by atoms with Crippen molar-refractivity contribution in [2.45, 2.75) is 6.18 Å². The van der Waals surface area contributed by atoms with E-state index in [0.29, 0.717) is 22.6 Å². The Morgan fingerprint density at radius 2 is 1.94 bits per heavy atom. The van der Waals surface area contributed by atoms with Gasteiger partial charge in [-0.05, 0) is 12.1 Å². The fraction of sp³-hybridized carbons (Fsp3) is 0.182. The number of rotatable bonds is 2. The van der Waals surface area contributed by atoms with E-state index in [9.17, 15) is 13.2 Å². The SMILES string of the molecule is COc1ccccc1-c1csc(C(F)(F)F)n1. The van der Waals surface area contributed by atoms with Crippen molar-refractivity contribution in [3.05, 3.63) is 34.7 Å². The van der Waals surface area contributed by atoms with E-state index in [-0.39, 0.29) is 5.69 Å². The lowest BCUT2D eigenvalue weighted by molar-refractivity contribution is -0.137. The molecule has 0 bridgehead atoms. The van der Waals surface area contributed by atoms with Gasteiger partial charge in [0.05, 0.1) is 12.8 Å². The third-order valence-electron chi connectivity index (χ3n) is 2.13. The number of hydrogen-bond acceptors (Lipinski definition) is 3. The first-order valence-electron chi connectivity index (χ1n) is 4.68. The Bertz CT molecular complexity index is 521. The Kier molecular flexibility index (Phi) is 3.06. The predicted molar refractivity (Wildman–Crippen MR) is 59.1 cm³/mol. The number of methoxy groups -OCH3 is 1. The van der Waals surface area contributed by atoms with E-state index >= 15 is 0 Å². The molecule has 0 spiro atoms. The largest absolute Gasteiger partial charge is 0.496 e. The summed E-state index contributed by atoms with van der Waals surface area (Å²) in [4.78, 5) is 3.57. The van der Waals surface area contributed by atoms with E-state index in [1.165, 1.54) is 12.5 Å². The molecule has 0 amide bonds. The van der Waals surface area contributed by atoms with Crippen LogP contribution in [0.5, 0.6) is 5.75 Å². The number of thiazole rings is 1. The Hall–Kier alpha value is -1.56. The zero-order valence-corrected chi connectivity index (χ0v) is 9.60. The predicted octanol–water partition coefficient (Wildman–Crippen LogP) is 3.84. The van der Waals surface area contributed by atoms with Crippen molar-refractivity contribution in [1.29, 1.82) is 0 Å². The van der Waals surface area contributed by atoms with E-state index in [4.69, 9.17) is 4.74 Å². The summed E-state index contributed by atoms with van der Waals surface area (Å²) in [5, 5.41) is 0.527. The van der Waals surface area contributed by atoms with Crippen LogP contribution in [-0.2, 0) is 6.18 Å². The van der Waals surface area contributed by atoms with Gasteiger partial charge in [0.25, 0.3) is 0 Å². The van der Waals surface area contributed by atoms with E-state index in [1.807, 2.05) is 0 Å². The summed E-state index contributed by atoms with van der Waals surface area (Å²) in [6.45, 7) is 0. The van der Waals surface area contributed by atoms with Gasteiger partial charge in [0.2, 0.25) is 0 Å². The van der Waals surface area contributed by atoms with E-state index in [1.54, 1.807) is 24.3 Å². The van der Waals surface area contributed by atoms with E-state index in [0.717, 1.165) is 0 Å². The number of ether oxygens (including phenoxy) is 1. The molecule has 0 atom stereocenters. The first-order chi connectivity index (χ1) is 8.02. The van der Waals surface area contributed by atoms with Crippen LogP contribution in [0.1, 0.15) is 5.01 Å². The van der Waals surface area contributed by atoms with Gasteiger partial charge in [-0.2, -0.15) is 13.2 Å². The van der Waals surface area contributed by atoms with Crippen LogP contribution in [0.3, 0.4) is 0 Å². The molecule has 0 aliphatic rings. The molecular formula is C11H8F3NOS. The molecule has 17 heavy (non-hydrogen) atoms. The Balaban J connectivity index is 2.44. The van der Waals surface area contributed by atoms with Gasteiger partial charge in [-0.1, -0.05) is 12.1 Å². The van der Waals surface area contributed by atoms with Gasteiger partial charge in [-0.25, -0.2) is 4.98 Å². The standard InChI is InChI=1S/C11H8F3NOS/c1-16-9-5-3-2-4-7(9)8-6-17-10(15-8)11(12,13)14/h2-6H,1H3. The smallest absolute Gasteiger partial charge is 0.443 e. The van der Waals surface area contributed by atoms with Crippen LogP contribution in [0.2, 0.25) is 0 Å². The van der Waals surface area contributed by atoms with Crippen molar-refractivity contribution in [2.24, 2.45) is 0 Å². The number of para-hydroxylation sites is 1. The zero-order valence-electron chi connectivity index (χ0n) is 8.78. The molecule has 1 aromatic heterocycles. The van der Waals surface area contributed by atoms with Crippen LogP contribution in [0.25, 0.3) is 11.3 Å². The highest BCUT2D eigenvalue weighted by atomic mass is 32.1. The average molecular weight is 259 g/mol. The number of benzene rings is 1. The molecule has 1 aromatic carbocycles. The maximum atomic E-state index is 12.4. The second kappa shape index (κ2) is 4.37. The molecular weight excluding hydrogens is 251 g/mol. The summed E-state index contributed by atoms with van der Waals surface area (Å²) in [5.41, 5.74) is 0.835. The molecule has 0 saturated carbocycles. The van der Waals surface area contributed by atoms with Gasteiger partial charge in [0, 0.05) is 10.9 Å². The Morgan fingerprint density at radius 1 is 1.24 bits per heavy atom. The molecule has 2 nitrogen and oxygen atoms in total. The lowest BCUT2D eigenvalue weighted by atomic mass is 10.1. The Morgan fingerprint density at radius 3 is 2.53 bits per heavy atom. The quantitative estimate of drug-likeness (QED) is 0.817. The molecule has 0 saturated heterocycles. The fourth-order valence-electron chi connectivity index (χ4n) is 1.38. The summed E-state index contributed by atoms with van der Waals surface area (Å²) < 4.78 is 42.3. The lowest BCUT2D eigenvalue weighted by Crippen LogP contribution is -2.03. The van der Waals surface area contributed by atoms with Crippen molar-refractivity contribution in [3.8, 4) is 17.0 Å². The summed E-state index contributed by atoms with van der Waals surface area (Å²) in [6, 6.07) is 6.83. The molecule has 0 unspecified atom stereocenters. The van der Waals surface area contributed by atoms with Crippen molar-refractivity contribution in [1.82, 2.24) is 4.98 Å². The van der Waals surface area contributed by atoms with Crippen LogP contribution in [0.4, 0.5) is 13.2 Å². The second-order valence-corrected chi connectivity index (χ2v) is 4.09. The van der Waals surface area contributed by atoms with Crippen LogP contribution in [-0.4, -0.2) is 12.1 Å². The van der Waals surface area contributed by atoms with Gasteiger partial charge in [0.1, 0.15) is 5.75 Å². The van der Waals surface area contributed by atoms with Crippen molar-refractivity contribution < 1.29 is 17.9 Å². The van der Waals surface area contributed by atoms with Crippen LogP contribution in [0.15, 0.2) is 29.6 Å². The second-order valence-electron chi connectivity index (χ2n) is 3.24. The minimum absolute atomic E-state index is 0.278. The monoisotopic (exact) mass is 259 g/mol. The van der Waals surface area contributed by atoms with Gasteiger partial charge in [-0.15, -0.1) is 11.3 Å². The molecule has 90 valence electrons. The van der Waals surface area contributed by atoms with Gasteiger partial charge in [0.15, 0.2) is 5.01 Å². The summed E-state index contributed by atoms with van der Waals surface area (Å²) in [6.07, 6.45) is -4.40. The molecule has 0 aliphatic heterocycles. The molecule has 1 heterocycles. The number of aromatic nitrogens is 1. The fourth-order valence-corrected chi connectivity index (χ4v) is 2.07. The van der Waals surface area contributed by atoms with Crippen molar-refractivity contribution in [3.63, 3.8) is 0 Å². The average Bonchev–Trinajstić information content (AvgIpc) is 2.77. The first kappa shape index (κ1) is 11.9. The van der Waals surface area contributed by atoms with Gasteiger partial charge < -0.3 is 4.74 Å². The van der Waals surface area contributed by atoms with Gasteiger partial charge >= 0.3 is 6.18 Å².